The van der Waals surface area contributed by atoms with Crippen LogP contribution in [0.15, 0.2) is 42.7 Å². The van der Waals surface area contributed by atoms with Gasteiger partial charge < -0.3 is 10.6 Å². The van der Waals surface area contributed by atoms with E-state index in [1.165, 1.54) is 18.5 Å². The SMILES string of the molecule is CCC(C)NC(=O)c1cncc(C(=O)Nc2cccc(Cl)c2)c1. The molecule has 1 aromatic carbocycles. The second-order valence-corrected chi connectivity index (χ2v) is 5.65. The Kier molecular flexibility index (Phi) is 5.71. The number of carbonyl (C=O) groups is 2. The van der Waals surface area contributed by atoms with E-state index in [1.807, 2.05) is 13.8 Å². The van der Waals surface area contributed by atoms with Crippen LogP contribution in [-0.2, 0) is 0 Å². The lowest BCUT2D eigenvalue weighted by Crippen LogP contribution is -2.32. The Balaban J connectivity index is 2.12. The summed E-state index contributed by atoms with van der Waals surface area (Å²) in [4.78, 5) is 28.3. The summed E-state index contributed by atoms with van der Waals surface area (Å²) in [5.74, 6) is -0.595. The summed E-state index contributed by atoms with van der Waals surface area (Å²) >= 11 is 5.89. The Bertz CT molecular complexity index is 718. The minimum atomic E-state index is -0.349. The van der Waals surface area contributed by atoms with Crippen LogP contribution in [0.5, 0.6) is 0 Å². The summed E-state index contributed by atoms with van der Waals surface area (Å²) in [5, 5.41) is 6.09. The number of hydrogen-bond donors (Lipinski definition) is 2. The number of carbonyl (C=O) groups excluding carboxylic acids is 2. The second-order valence-electron chi connectivity index (χ2n) is 5.21. The number of halogens is 1. The molecule has 2 aromatic rings. The third-order valence-corrected chi connectivity index (χ3v) is 3.57. The van der Waals surface area contributed by atoms with Crippen molar-refractivity contribution in [1.29, 1.82) is 0 Å². The monoisotopic (exact) mass is 331 g/mol. The predicted molar refractivity (Wildman–Crippen MR) is 90.9 cm³/mol. The number of nitrogens with zero attached hydrogens (tertiary/aromatic N) is 1. The minimum Gasteiger partial charge on any atom is -0.350 e. The first-order chi connectivity index (χ1) is 11.0. The molecule has 0 saturated carbocycles. The maximum atomic E-state index is 12.3. The van der Waals surface area contributed by atoms with Crippen molar-refractivity contribution in [2.24, 2.45) is 0 Å². The van der Waals surface area contributed by atoms with Gasteiger partial charge in [0.2, 0.25) is 0 Å². The van der Waals surface area contributed by atoms with E-state index in [0.717, 1.165) is 6.42 Å². The standard InChI is InChI=1S/C17H18ClN3O2/c1-3-11(2)20-16(22)12-7-13(10-19-9-12)17(23)21-15-6-4-5-14(18)8-15/h4-11H,3H2,1-2H3,(H,20,22)(H,21,23). The number of anilines is 1. The number of pyridine rings is 1. The molecule has 2 rings (SSSR count). The zero-order valence-corrected chi connectivity index (χ0v) is 13.7. The van der Waals surface area contributed by atoms with Crippen molar-refractivity contribution in [3.05, 3.63) is 58.9 Å². The Morgan fingerprint density at radius 3 is 2.52 bits per heavy atom. The molecule has 0 radical (unpaired) electrons. The van der Waals surface area contributed by atoms with E-state index in [2.05, 4.69) is 15.6 Å². The lowest BCUT2D eigenvalue weighted by Gasteiger charge is -2.11. The van der Waals surface area contributed by atoms with Gasteiger partial charge in [0.1, 0.15) is 0 Å². The number of aromatic nitrogens is 1. The van der Waals surface area contributed by atoms with Crippen molar-refractivity contribution in [2.75, 3.05) is 5.32 Å². The van der Waals surface area contributed by atoms with Gasteiger partial charge in [0.05, 0.1) is 11.1 Å². The molecule has 0 aliphatic heterocycles. The smallest absolute Gasteiger partial charge is 0.257 e. The van der Waals surface area contributed by atoms with E-state index in [9.17, 15) is 9.59 Å². The maximum absolute atomic E-state index is 12.3. The highest BCUT2D eigenvalue weighted by Gasteiger charge is 2.13. The van der Waals surface area contributed by atoms with E-state index in [-0.39, 0.29) is 17.9 Å². The molecule has 23 heavy (non-hydrogen) atoms. The zero-order valence-electron chi connectivity index (χ0n) is 13.0. The van der Waals surface area contributed by atoms with Gasteiger partial charge in [0, 0.05) is 29.1 Å². The van der Waals surface area contributed by atoms with Gasteiger partial charge in [-0.05, 0) is 37.6 Å². The van der Waals surface area contributed by atoms with Crippen molar-refractivity contribution in [3.8, 4) is 0 Å². The lowest BCUT2D eigenvalue weighted by molar-refractivity contribution is 0.0939. The Morgan fingerprint density at radius 1 is 1.17 bits per heavy atom. The molecule has 1 unspecified atom stereocenters. The number of nitrogens with one attached hydrogen (secondary N) is 2. The first kappa shape index (κ1) is 17.0. The summed E-state index contributed by atoms with van der Waals surface area (Å²) in [6, 6.07) is 8.42. The molecule has 2 N–H and O–H groups in total. The highest BCUT2D eigenvalue weighted by Crippen LogP contribution is 2.16. The van der Waals surface area contributed by atoms with Gasteiger partial charge in [-0.15, -0.1) is 0 Å². The average molecular weight is 332 g/mol. The molecule has 0 fully saturated rings. The van der Waals surface area contributed by atoms with Crippen LogP contribution in [0, 0.1) is 0 Å². The third kappa shape index (κ3) is 4.79. The van der Waals surface area contributed by atoms with Crippen LogP contribution in [0.4, 0.5) is 5.69 Å². The molecule has 0 spiro atoms. The predicted octanol–water partition coefficient (Wildman–Crippen LogP) is 3.52. The summed E-state index contributed by atoms with van der Waals surface area (Å²) in [6.07, 6.45) is 3.68. The molecule has 6 heteroatoms. The molecule has 1 heterocycles. The highest BCUT2D eigenvalue weighted by molar-refractivity contribution is 6.31. The molecule has 1 atom stereocenters. The summed E-state index contributed by atoms with van der Waals surface area (Å²) in [7, 11) is 0. The number of rotatable bonds is 5. The molecular formula is C17H18ClN3O2. The second kappa shape index (κ2) is 7.74. The quantitative estimate of drug-likeness (QED) is 0.880. The van der Waals surface area contributed by atoms with Crippen molar-refractivity contribution in [2.45, 2.75) is 26.3 Å². The van der Waals surface area contributed by atoms with Crippen LogP contribution in [-0.4, -0.2) is 22.8 Å². The number of amides is 2. The van der Waals surface area contributed by atoms with Crippen molar-refractivity contribution in [1.82, 2.24) is 10.3 Å². The Labute approximate surface area is 140 Å². The molecule has 0 aliphatic rings. The molecule has 0 bridgehead atoms. The van der Waals surface area contributed by atoms with Crippen molar-refractivity contribution < 1.29 is 9.59 Å². The van der Waals surface area contributed by atoms with Crippen LogP contribution < -0.4 is 10.6 Å². The molecule has 120 valence electrons. The largest absolute Gasteiger partial charge is 0.350 e. The molecule has 1 aromatic heterocycles. The fourth-order valence-electron chi connectivity index (χ4n) is 1.87. The van der Waals surface area contributed by atoms with E-state index in [1.54, 1.807) is 24.3 Å². The fourth-order valence-corrected chi connectivity index (χ4v) is 2.06. The van der Waals surface area contributed by atoms with Gasteiger partial charge in [0.15, 0.2) is 0 Å². The first-order valence-electron chi connectivity index (χ1n) is 7.32. The van der Waals surface area contributed by atoms with Crippen LogP contribution >= 0.6 is 11.6 Å². The fraction of sp³-hybridized carbons (Fsp3) is 0.235. The van der Waals surface area contributed by atoms with Crippen LogP contribution in [0.1, 0.15) is 41.0 Å². The van der Waals surface area contributed by atoms with Crippen LogP contribution in [0.25, 0.3) is 0 Å². The summed E-state index contributed by atoms with van der Waals surface area (Å²) in [6.45, 7) is 3.90. The first-order valence-corrected chi connectivity index (χ1v) is 7.70. The lowest BCUT2D eigenvalue weighted by atomic mass is 10.1. The van der Waals surface area contributed by atoms with Gasteiger partial charge in [0.25, 0.3) is 11.8 Å². The number of benzene rings is 1. The van der Waals surface area contributed by atoms with Gasteiger partial charge in [-0.3, -0.25) is 14.6 Å². The highest BCUT2D eigenvalue weighted by atomic mass is 35.5. The van der Waals surface area contributed by atoms with E-state index >= 15 is 0 Å². The van der Waals surface area contributed by atoms with Gasteiger partial charge >= 0.3 is 0 Å². The third-order valence-electron chi connectivity index (χ3n) is 3.33. The van der Waals surface area contributed by atoms with E-state index < -0.39 is 0 Å². The zero-order chi connectivity index (χ0) is 16.8. The maximum Gasteiger partial charge on any atom is 0.257 e. The molecule has 5 nitrogen and oxygen atoms in total. The molecular weight excluding hydrogens is 314 g/mol. The summed E-state index contributed by atoms with van der Waals surface area (Å²) in [5.41, 5.74) is 1.24. The van der Waals surface area contributed by atoms with Crippen LogP contribution in [0.2, 0.25) is 5.02 Å². The van der Waals surface area contributed by atoms with Gasteiger partial charge in [-0.1, -0.05) is 24.6 Å². The van der Waals surface area contributed by atoms with Gasteiger partial charge in [-0.25, -0.2) is 0 Å². The molecule has 0 aliphatic carbocycles. The van der Waals surface area contributed by atoms with Crippen molar-refractivity contribution >= 4 is 29.1 Å². The normalized spacial score (nSPS) is 11.6. The number of hydrogen-bond acceptors (Lipinski definition) is 3. The minimum absolute atomic E-state index is 0.0615. The van der Waals surface area contributed by atoms with E-state index in [0.29, 0.717) is 21.8 Å². The topological polar surface area (TPSA) is 71.1 Å². The van der Waals surface area contributed by atoms with Gasteiger partial charge in [-0.2, -0.15) is 0 Å². The van der Waals surface area contributed by atoms with Crippen LogP contribution in [0.3, 0.4) is 0 Å². The van der Waals surface area contributed by atoms with Crippen molar-refractivity contribution in [3.63, 3.8) is 0 Å². The average Bonchev–Trinajstić information content (AvgIpc) is 2.54. The molecule has 2 amide bonds. The van der Waals surface area contributed by atoms with E-state index in [4.69, 9.17) is 11.6 Å². The summed E-state index contributed by atoms with van der Waals surface area (Å²) < 4.78 is 0. The Morgan fingerprint density at radius 2 is 1.87 bits per heavy atom. The Hall–Kier alpha value is -2.40. The molecule has 0 saturated heterocycles.